The number of hydrogen-bond acceptors (Lipinski definition) is 3. The van der Waals surface area contributed by atoms with Crippen molar-refractivity contribution in [1.29, 1.82) is 0 Å². The van der Waals surface area contributed by atoms with Crippen LogP contribution in [-0.4, -0.2) is 26.6 Å². The molecule has 0 amide bonds. The van der Waals surface area contributed by atoms with E-state index in [1.807, 2.05) is 17.8 Å². The monoisotopic (exact) mass is 291 g/mol. The fourth-order valence-corrected chi connectivity index (χ4v) is 3.26. The summed E-state index contributed by atoms with van der Waals surface area (Å²) in [5.41, 5.74) is 8.57. The third-order valence-electron chi connectivity index (χ3n) is 3.66. The molecule has 1 aromatic carbocycles. The van der Waals surface area contributed by atoms with Crippen molar-refractivity contribution in [2.75, 3.05) is 5.75 Å². The number of rotatable bonds is 7. The van der Waals surface area contributed by atoms with E-state index in [1.165, 1.54) is 11.9 Å². The summed E-state index contributed by atoms with van der Waals surface area (Å²) in [5.74, 6) is 2.12. The average Bonchev–Trinajstić information content (AvgIpc) is 2.81. The standard InChI is InChI=1S/C16H25N3S/c1-4-12(3)20-11-13(17)10-16-18-14-8-6-7-9-15(14)19(16)5-2/h6-9,12-13H,4-5,10-11,17H2,1-3H3. The van der Waals surface area contributed by atoms with Gasteiger partial charge in [-0.3, -0.25) is 0 Å². The Kier molecular flexibility index (Phi) is 5.49. The van der Waals surface area contributed by atoms with E-state index in [4.69, 9.17) is 10.7 Å². The van der Waals surface area contributed by atoms with Gasteiger partial charge in [-0.15, -0.1) is 0 Å². The lowest BCUT2D eigenvalue weighted by atomic mass is 10.2. The SMILES string of the molecule is CCC(C)SCC(N)Cc1nc2ccccc2n1CC. The van der Waals surface area contributed by atoms with Crippen LogP contribution in [0.4, 0.5) is 0 Å². The predicted octanol–water partition coefficient (Wildman–Crippen LogP) is 3.46. The first-order chi connectivity index (χ1) is 9.65. The molecule has 0 radical (unpaired) electrons. The topological polar surface area (TPSA) is 43.8 Å². The van der Waals surface area contributed by atoms with Gasteiger partial charge >= 0.3 is 0 Å². The highest BCUT2D eigenvalue weighted by atomic mass is 32.2. The molecule has 2 unspecified atom stereocenters. The second-order valence-corrected chi connectivity index (χ2v) is 6.75. The summed E-state index contributed by atoms with van der Waals surface area (Å²) in [6.45, 7) is 7.59. The van der Waals surface area contributed by atoms with Crippen LogP contribution in [-0.2, 0) is 13.0 Å². The molecule has 20 heavy (non-hydrogen) atoms. The van der Waals surface area contributed by atoms with Gasteiger partial charge < -0.3 is 10.3 Å². The summed E-state index contributed by atoms with van der Waals surface area (Å²) >= 11 is 1.96. The molecule has 2 atom stereocenters. The van der Waals surface area contributed by atoms with Gasteiger partial charge in [0.1, 0.15) is 5.82 Å². The zero-order valence-electron chi connectivity index (χ0n) is 12.7. The van der Waals surface area contributed by atoms with E-state index in [0.717, 1.165) is 30.1 Å². The van der Waals surface area contributed by atoms with Crippen molar-refractivity contribution in [1.82, 2.24) is 9.55 Å². The van der Waals surface area contributed by atoms with Crippen LogP contribution in [0, 0.1) is 0 Å². The van der Waals surface area contributed by atoms with Gasteiger partial charge in [-0.05, 0) is 25.5 Å². The fraction of sp³-hybridized carbons (Fsp3) is 0.562. The minimum Gasteiger partial charge on any atom is -0.328 e. The van der Waals surface area contributed by atoms with Gasteiger partial charge in [0.25, 0.3) is 0 Å². The molecule has 2 aromatic rings. The van der Waals surface area contributed by atoms with Crippen LogP contribution in [0.3, 0.4) is 0 Å². The van der Waals surface area contributed by atoms with Gasteiger partial charge in [-0.2, -0.15) is 11.8 Å². The minimum absolute atomic E-state index is 0.177. The molecule has 4 heteroatoms. The number of nitrogens with zero attached hydrogens (tertiary/aromatic N) is 2. The summed E-state index contributed by atoms with van der Waals surface area (Å²) in [6.07, 6.45) is 2.05. The second-order valence-electron chi connectivity index (χ2n) is 5.28. The first-order valence-electron chi connectivity index (χ1n) is 7.47. The van der Waals surface area contributed by atoms with Crippen molar-refractivity contribution in [2.24, 2.45) is 5.73 Å². The number of benzene rings is 1. The van der Waals surface area contributed by atoms with Crippen LogP contribution in [0.15, 0.2) is 24.3 Å². The van der Waals surface area contributed by atoms with E-state index in [1.54, 1.807) is 0 Å². The van der Waals surface area contributed by atoms with Crippen LogP contribution in [0.5, 0.6) is 0 Å². The van der Waals surface area contributed by atoms with E-state index in [0.29, 0.717) is 5.25 Å². The summed E-state index contributed by atoms with van der Waals surface area (Å²) in [7, 11) is 0. The second kappa shape index (κ2) is 7.14. The van der Waals surface area contributed by atoms with Crippen LogP contribution in [0.2, 0.25) is 0 Å². The Morgan fingerprint density at radius 2 is 2.05 bits per heavy atom. The number of nitrogens with two attached hydrogens (primary N) is 1. The van der Waals surface area contributed by atoms with Crippen LogP contribution >= 0.6 is 11.8 Å². The third kappa shape index (κ3) is 3.55. The summed E-state index contributed by atoms with van der Waals surface area (Å²) < 4.78 is 2.28. The molecule has 3 nitrogen and oxygen atoms in total. The van der Waals surface area contributed by atoms with Crippen LogP contribution in [0.25, 0.3) is 11.0 Å². The molecule has 1 aromatic heterocycles. The third-order valence-corrected chi connectivity index (χ3v) is 5.19. The Bertz CT molecular complexity index is 550. The molecule has 0 saturated carbocycles. The smallest absolute Gasteiger partial charge is 0.111 e. The highest BCUT2D eigenvalue weighted by Gasteiger charge is 2.13. The lowest BCUT2D eigenvalue weighted by molar-refractivity contribution is 0.651. The minimum atomic E-state index is 0.177. The summed E-state index contributed by atoms with van der Waals surface area (Å²) in [4.78, 5) is 4.74. The summed E-state index contributed by atoms with van der Waals surface area (Å²) in [6, 6.07) is 8.49. The summed E-state index contributed by atoms with van der Waals surface area (Å²) in [5, 5.41) is 0.686. The molecule has 0 bridgehead atoms. The molecule has 0 spiro atoms. The van der Waals surface area contributed by atoms with Gasteiger partial charge in [0.05, 0.1) is 11.0 Å². The molecule has 110 valence electrons. The highest BCUT2D eigenvalue weighted by Crippen LogP contribution is 2.19. The van der Waals surface area contributed by atoms with Crippen LogP contribution < -0.4 is 5.73 Å². The molecule has 0 aliphatic heterocycles. The van der Waals surface area contributed by atoms with Crippen molar-refractivity contribution in [2.45, 2.75) is 51.4 Å². The number of thioether (sulfide) groups is 1. The zero-order chi connectivity index (χ0) is 14.5. The van der Waals surface area contributed by atoms with Crippen molar-refractivity contribution in [3.05, 3.63) is 30.1 Å². The maximum absolute atomic E-state index is 6.28. The normalized spacial score (nSPS) is 14.6. The molecule has 1 heterocycles. The Morgan fingerprint density at radius 3 is 2.75 bits per heavy atom. The number of imidazole rings is 1. The molecule has 0 fully saturated rings. The van der Waals surface area contributed by atoms with Gasteiger partial charge in [0.15, 0.2) is 0 Å². The quantitative estimate of drug-likeness (QED) is 0.849. The number of hydrogen-bond donors (Lipinski definition) is 1. The zero-order valence-corrected chi connectivity index (χ0v) is 13.5. The number of aryl methyl sites for hydroxylation is 1. The van der Waals surface area contributed by atoms with E-state index in [-0.39, 0.29) is 6.04 Å². The first kappa shape index (κ1) is 15.4. The van der Waals surface area contributed by atoms with Crippen LogP contribution in [0.1, 0.15) is 33.0 Å². The lowest BCUT2D eigenvalue weighted by Crippen LogP contribution is -2.28. The average molecular weight is 291 g/mol. The van der Waals surface area contributed by atoms with E-state index in [9.17, 15) is 0 Å². The van der Waals surface area contributed by atoms with Gasteiger partial charge in [0, 0.05) is 30.0 Å². The molecule has 2 N–H and O–H groups in total. The van der Waals surface area contributed by atoms with E-state index >= 15 is 0 Å². The highest BCUT2D eigenvalue weighted by molar-refractivity contribution is 7.99. The maximum Gasteiger partial charge on any atom is 0.111 e. The molecular formula is C16H25N3S. The Labute approximate surface area is 125 Å². The maximum atomic E-state index is 6.28. The van der Waals surface area contributed by atoms with Gasteiger partial charge in [-0.25, -0.2) is 4.98 Å². The number of para-hydroxylation sites is 2. The molecule has 0 aliphatic rings. The Hall–Kier alpha value is -1.00. The van der Waals surface area contributed by atoms with Crippen molar-refractivity contribution < 1.29 is 0 Å². The van der Waals surface area contributed by atoms with Gasteiger partial charge in [-0.1, -0.05) is 26.0 Å². The van der Waals surface area contributed by atoms with Crippen molar-refractivity contribution in [3.8, 4) is 0 Å². The van der Waals surface area contributed by atoms with E-state index < -0.39 is 0 Å². The molecule has 0 saturated heterocycles. The Balaban J connectivity index is 2.09. The lowest BCUT2D eigenvalue weighted by Gasteiger charge is -2.14. The molecule has 2 rings (SSSR count). The van der Waals surface area contributed by atoms with Crippen molar-refractivity contribution >= 4 is 22.8 Å². The Morgan fingerprint density at radius 1 is 1.30 bits per heavy atom. The predicted molar refractivity (Wildman–Crippen MR) is 89.3 cm³/mol. The van der Waals surface area contributed by atoms with E-state index in [2.05, 4.69) is 43.5 Å². The largest absolute Gasteiger partial charge is 0.328 e. The molecule has 0 aliphatic carbocycles. The number of aromatic nitrogens is 2. The van der Waals surface area contributed by atoms with Crippen molar-refractivity contribution in [3.63, 3.8) is 0 Å². The molecular weight excluding hydrogens is 266 g/mol. The first-order valence-corrected chi connectivity index (χ1v) is 8.51. The van der Waals surface area contributed by atoms with Gasteiger partial charge in [0.2, 0.25) is 0 Å². The fourth-order valence-electron chi connectivity index (χ4n) is 2.33. The number of fused-ring (bicyclic) bond motifs is 1.